The van der Waals surface area contributed by atoms with Crippen molar-refractivity contribution in [2.24, 2.45) is 0 Å². The van der Waals surface area contributed by atoms with Crippen LogP contribution in [0.1, 0.15) is 36.7 Å². The van der Waals surface area contributed by atoms with Crippen molar-refractivity contribution in [2.75, 3.05) is 5.75 Å². The van der Waals surface area contributed by atoms with Crippen molar-refractivity contribution in [2.45, 2.75) is 37.3 Å². The van der Waals surface area contributed by atoms with Crippen LogP contribution in [0.5, 0.6) is 5.75 Å². The molecule has 0 aliphatic rings. The first kappa shape index (κ1) is 18.4. The van der Waals surface area contributed by atoms with Gasteiger partial charge in [0.25, 0.3) is 0 Å². The smallest absolute Gasteiger partial charge is 0.416 e. The Balaban J connectivity index is 2.05. The van der Waals surface area contributed by atoms with E-state index in [-0.39, 0.29) is 17.2 Å². The third kappa shape index (κ3) is 4.35. The number of aromatic hydroxyl groups is 1. The van der Waals surface area contributed by atoms with E-state index >= 15 is 0 Å². The summed E-state index contributed by atoms with van der Waals surface area (Å²) in [5, 5.41) is 9.84. The molecule has 2 rings (SSSR count). The third-order valence-electron chi connectivity index (χ3n) is 3.57. The minimum absolute atomic E-state index is 0.0878. The van der Waals surface area contributed by atoms with Gasteiger partial charge >= 0.3 is 11.8 Å². The lowest BCUT2D eigenvalue weighted by Gasteiger charge is -2.12. The summed E-state index contributed by atoms with van der Waals surface area (Å²) >= 11 is 1.35. The van der Waals surface area contributed by atoms with E-state index in [2.05, 4.69) is 0 Å². The maximum absolute atomic E-state index is 12.5. The van der Waals surface area contributed by atoms with Crippen LogP contribution in [0.25, 0.3) is 0 Å². The van der Waals surface area contributed by atoms with E-state index in [1.807, 2.05) is 6.92 Å². The van der Waals surface area contributed by atoms with Gasteiger partial charge in [0, 0.05) is 22.6 Å². The van der Waals surface area contributed by atoms with E-state index in [0.717, 1.165) is 12.1 Å². The van der Waals surface area contributed by atoms with Crippen molar-refractivity contribution >= 4 is 11.8 Å². The number of hydrogen-bond donors (Lipinski definition) is 1. The Morgan fingerprint density at radius 2 is 1.88 bits per heavy atom. The number of thioether (sulfide) groups is 1. The molecule has 0 saturated carbocycles. The Kier molecular flexibility index (Phi) is 5.64. The Labute approximate surface area is 141 Å². The predicted octanol–water partition coefficient (Wildman–Crippen LogP) is 4.82. The van der Waals surface area contributed by atoms with Crippen molar-refractivity contribution in [3.8, 4) is 5.75 Å². The molecule has 0 amide bonds. The van der Waals surface area contributed by atoms with Crippen LogP contribution in [0.4, 0.5) is 13.2 Å². The molecule has 130 valence electrons. The van der Waals surface area contributed by atoms with Gasteiger partial charge < -0.3 is 9.52 Å². The average molecular weight is 358 g/mol. The van der Waals surface area contributed by atoms with Gasteiger partial charge in [-0.3, -0.25) is 0 Å². The highest BCUT2D eigenvalue weighted by Gasteiger charge is 2.29. The molecule has 1 heterocycles. The summed E-state index contributed by atoms with van der Waals surface area (Å²) in [5.41, 5.74) is -1.01. The molecule has 1 aromatic carbocycles. The monoisotopic (exact) mass is 358 g/mol. The molecule has 0 aliphatic carbocycles. The Morgan fingerprint density at radius 3 is 2.38 bits per heavy atom. The van der Waals surface area contributed by atoms with E-state index in [0.29, 0.717) is 22.8 Å². The molecule has 24 heavy (non-hydrogen) atoms. The zero-order valence-electron chi connectivity index (χ0n) is 13.2. The highest BCUT2D eigenvalue weighted by molar-refractivity contribution is 7.99. The quantitative estimate of drug-likeness (QED) is 0.779. The average Bonchev–Trinajstić information content (AvgIpc) is 2.51. The highest BCUT2D eigenvalue weighted by atomic mass is 32.2. The van der Waals surface area contributed by atoms with Gasteiger partial charge in [0.2, 0.25) is 0 Å². The fraction of sp³-hybridized carbons (Fsp3) is 0.353. The largest absolute Gasteiger partial charge is 0.507 e. The minimum Gasteiger partial charge on any atom is -0.507 e. The molecule has 2 aromatic rings. The van der Waals surface area contributed by atoms with Crippen LogP contribution in [0.2, 0.25) is 0 Å². The minimum atomic E-state index is -4.35. The van der Waals surface area contributed by atoms with E-state index in [1.54, 1.807) is 6.92 Å². The fourth-order valence-corrected chi connectivity index (χ4v) is 3.07. The van der Waals surface area contributed by atoms with Crippen molar-refractivity contribution in [3.05, 3.63) is 57.6 Å². The molecular formula is C17H17F3O3S. The summed E-state index contributed by atoms with van der Waals surface area (Å²) in [6, 6.07) is 6.32. The summed E-state index contributed by atoms with van der Waals surface area (Å²) in [5.74, 6) is 0.588. The Morgan fingerprint density at radius 1 is 1.25 bits per heavy atom. The van der Waals surface area contributed by atoms with Crippen LogP contribution in [0.15, 0.2) is 44.4 Å². The van der Waals surface area contributed by atoms with Crippen LogP contribution >= 0.6 is 11.8 Å². The number of benzene rings is 1. The lowest BCUT2D eigenvalue weighted by atomic mass is 10.1. The fourth-order valence-electron chi connectivity index (χ4n) is 2.14. The van der Waals surface area contributed by atoms with Gasteiger partial charge in [-0.05, 0) is 30.7 Å². The molecule has 0 spiro atoms. The topological polar surface area (TPSA) is 50.4 Å². The first-order valence-electron chi connectivity index (χ1n) is 7.38. The van der Waals surface area contributed by atoms with Crippen molar-refractivity contribution in [3.63, 3.8) is 0 Å². The molecular weight excluding hydrogens is 341 g/mol. The molecule has 0 saturated heterocycles. The highest BCUT2D eigenvalue weighted by Crippen LogP contribution is 2.32. The second-order valence-electron chi connectivity index (χ2n) is 5.39. The second-order valence-corrected chi connectivity index (χ2v) is 6.48. The van der Waals surface area contributed by atoms with Crippen LogP contribution < -0.4 is 5.63 Å². The van der Waals surface area contributed by atoms with Gasteiger partial charge in [0.15, 0.2) is 0 Å². The standard InChI is InChI=1S/C17H17F3O3S/c1-3-13-14(21)8-15(23-16(13)22)10(2)9-24-12-6-4-11(5-7-12)17(18,19)20/h4-8,10,21H,3,9H2,1-2H3. The summed E-state index contributed by atoms with van der Waals surface area (Å²) in [7, 11) is 0. The summed E-state index contributed by atoms with van der Waals surface area (Å²) in [6.45, 7) is 3.57. The first-order valence-corrected chi connectivity index (χ1v) is 8.36. The molecule has 1 unspecified atom stereocenters. The molecule has 1 N–H and O–H groups in total. The van der Waals surface area contributed by atoms with Crippen LogP contribution in [0.3, 0.4) is 0 Å². The molecule has 1 aromatic heterocycles. The Bertz CT molecular complexity index is 751. The predicted molar refractivity (Wildman–Crippen MR) is 86.6 cm³/mol. The zero-order valence-corrected chi connectivity index (χ0v) is 14.0. The number of halogens is 3. The lowest BCUT2D eigenvalue weighted by molar-refractivity contribution is -0.137. The van der Waals surface area contributed by atoms with Crippen molar-refractivity contribution in [1.82, 2.24) is 0 Å². The SMILES string of the molecule is CCc1c(O)cc(C(C)CSc2ccc(C(F)(F)F)cc2)oc1=O. The van der Waals surface area contributed by atoms with Gasteiger partial charge in [-0.1, -0.05) is 13.8 Å². The van der Waals surface area contributed by atoms with Crippen LogP contribution in [0, 0.1) is 0 Å². The van der Waals surface area contributed by atoms with Crippen molar-refractivity contribution in [1.29, 1.82) is 0 Å². The van der Waals surface area contributed by atoms with E-state index in [1.165, 1.54) is 30.0 Å². The maximum atomic E-state index is 12.5. The molecule has 1 atom stereocenters. The number of alkyl halides is 3. The van der Waals surface area contributed by atoms with E-state index < -0.39 is 17.4 Å². The molecule has 0 fully saturated rings. The summed E-state index contributed by atoms with van der Waals surface area (Å²) in [4.78, 5) is 12.4. The van der Waals surface area contributed by atoms with Gasteiger partial charge in [-0.25, -0.2) is 4.79 Å². The molecule has 0 aliphatic heterocycles. The normalized spacial score (nSPS) is 13.0. The number of rotatable bonds is 5. The summed E-state index contributed by atoms with van der Waals surface area (Å²) in [6.07, 6.45) is -3.97. The third-order valence-corrected chi connectivity index (χ3v) is 4.84. The van der Waals surface area contributed by atoms with Crippen molar-refractivity contribution < 1.29 is 22.7 Å². The Hall–Kier alpha value is -1.89. The van der Waals surface area contributed by atoms with Gasteiger partial charge in [0.05, 0.1) is 11.1 Å². The molecule has 0 radical (unpaired) electrons. The van der Waals surface area contributed by atoms with Crippen LogP contribution in [-0.2, 0) is 12.6 Å². The first-order chi connectivity index (χ1) is 11.2. The molecule has 7 heteroatoms. The summed E-state index contributed by atoms with van der Waals surface area (Å²) < 4.78 is 42.8. The van der Waals surface area contributed by atoms with Gasteiger partial charge in [0.1, 0.15) is 11.5 Å². The molecule has 0 bridgehead atoms. The number of hydrogen-bond acceptors (Lipinski definition) is 4. The lowest BCUT2D eigenvalue weighted by Crippen LogP contribution is -2.10. The van der Waals surface area contributed by atoms with E-state index in [9.17, 15) is 23.1 Å². The maximum Gasteiger partial charge on any atom is 0.416 e. The van der Waals surface area contributed by atoms with Gasteiger partial charge in [-0.2, -0.15) is 13.2 Å². The molecule has 3 nitrogen and oxygen atoms in total. The zero-order chi connectivity index (χ0) is 17.9. The van der Waals surface area contributed by atoms with Crippen LogP contribution in [-0.4, -0.2) is 10.9 Å². The second kappa shape index (κ2) is 7.34. The van der Waals surface area contributed by atoms with Gasteiger partial charge in [-0.15, -0.1) is 11.8 Å². The van der Waals surface area contributed by atoms with E-state index in [4.69, 9.17) is 4.42 Å².